The Labute approximate surface area is 135 Å². The lowest BCUT2D eigenvalue weighted by molar-refractivity contribution is -0.153. The van der Waals surface area contributed by atoms with Gasteiger partial charge in [0.15, 0.2) is 6.61 Å². The standard InChI is InChI=1S/C16H12ClF3O3/c17-15(21)13-8-12(22-9-11-4-2-1-3-5-11)6-7-14(13)23-10-16(18,19)20/h1-8H,9-10H2. The van der Waals surface area contributed by atoms with Gasteiger partial charge in [-0.25, -0.2) is 0 Å². The fourth-order valence-electron chi connectivity index (χ4n) is 1.78. The monoisotopic (exact) mass is 344 g/mol. The molecular formula is C16H12ClF3O3. The third-order valence-corrected chi connectivity index (χ3v) is 3.01. The molecular weight excluding hydrogens is 333 g/mol. The first-order valence-electron chi connectivity index (χ1n) is 6.55. The zero-order valence-corrected chi connectivity index (χ0v) is 12.5. The van der Waals surface area contributed by atoms with Gasteiger partial charge in [-0.05, 0) is 35.4 Å². The number of hydrogen-bond donors (Lipinski definition) is 0. The number of halogens is 4. The van der Waals surface area contributed by atoms with Crippen LogP contribution < -0.4 is 9.47 Å². The van der Waals surface area contributed by atoms with E-state index in [1.807, 2.05) is 30.3 Å². The minimum absolute atomic E-state index is 0.179. The second-order valence-electron chi connectivity index (χ2n) is 4.61. The lowest BCUT2D eigenvalue weighted by Gasteiger charge is -2.13. The van der Waals surface area contributed by atoms with Crippen LogP contribution in [-0.2, 0) is 6.61 Å². The van der Waals surface area contributed by atoms with E-state index in [1.54, 1.807) is 0 Å². The molecule has 23 heavy (non-hydrogen) atoms. The minimum atomic E-state index is -4.50. The Kier molecular flexibility index (Phi) is 5.50. The summed E-state index contributed by atoms with van der Waals surface area (Å²) in [6.45, 7) is -1.26. The van der Waals surface area contributed by atoms with E-state index in [0.717, 1.165) is 5.56 Å². The zero-order chi connectivity index (χ0) is 16.9. The van der Waals surface area contributed by atoms with Crippen molar-refractivity contribution in [3.8, 4) is 11.5 Å². The normalized spacial score (nSPS) is 11.1. The van der Waals surface area contributed by atoms with Crippen molar-refractivity contribution >= 4 is 16.8 Å². The maximum Gasteiger partial charge on any atom is 0.422 e. The molecule has 122 valence electrons. The molecule has 0 aliphatic carbocycles. The van der Waals surface area contributed by atoms with Gasteiger partial charge in [0.1, 0.15) is 18.1 Å². The predicted molar refractivity (Wildman–Crippen MR) is 78.9 cm³/mol. The van der Waals surface area contributed by atoms with Crippen molar-refractivity contribution in [3.05, 3.63) is 59.7 Å². The van der Waals surface area contributed by atoms with Crippen LogP contribution in [0.2, 0.25) is 0 Å². The average Bonchev–Trinajstić information content (AvgIpc) is 2.51. The van der Waals surface area contributed by atoms with Crippen LogP contribution in [0.1, 0.15) is 15.9 Å². The number of alkyl halides is 3. The van der Waals surface area contributed by atoms with Crippen LogP contribution in [-0.4, -0.2) is 18.0 Å². The quantitative estimate of drug-likeness (QED) is 0.719. The molecule has 0 N–H and O–H groups in total. The minimum Gasteiger partial charge on any atom is -0.489 e. The molecule has 2 aromatic rings. The Morgan fingerprint density at radius 2 is 1.74 bits per heavy atom. The Morgan fingerprint density at radius 1 is 1.04 bits per heavy atom. The summed E-state index contributed by atoms with van der Waals surface area (Å²) in [6.07, 6.45) is -4.50. The van der Waals surface area contributed by atoms with Gasteiger partial charge < -0.3 is 9.47 Å². The van der Waals surface area contributed by atoms with Crippen molar-refractivity contribution in [3.63, 3.8) is 0 Å². The van der Waals surface area contributed by atoms with E-state index < -0.39 is 18.0 Å². The van der Waals surface area contributed by atoms with Crippen LogP contribution in [0.4, 0.5) is 13.2 Å². The molecule has 0 atom stereocenters. The van der Waals surface area contributed by atoms with E-state index >= 15 is 0 Å². The Bertz CT molecular complexity index is 672. The highest BCUT2D eigenvalue weighted by atomic mass is 35.5. The molecule has 0 bridgehead atoms. The van der Waals surface area contributed by atoms with Gasteiger partial charge in [-0.2, -0.15) is 13.2 Å². The highest BCUT2D eigenvalue weighted by Crippen LogP contribution is 2.28. The van der Waals surface area contributed by atoms with E-state index in [2.05, 4.69) is 4.74 Å². The summed E-state index contributed by atoms with van der Waals surface area (Å²) in [5.41, 5.74) is 0.727. The molecule has 0 saturated carbocycles. The van der Waals surface area contributed by atoms with Crippen molar-refractivity contribution in [1.29, 1.82) is 0 Å². The molecule has 7 heteroatoms. The van der Waals surface area contributed by atoms with Crippen LogP contribution in [0, 0.1) is 0 Å². The molecule has 0 unspecified atom stereocenters. The molecule has 0 aromatic heterocycles. The Hall–Kier alpha value is -2.21. The fraction of sp³-hybridized carbons (Fsp3) is 0.188. The predicted octanol–water partition coefficient (Wildman–Crippen LogP) is 4.59. The first-order chi connectivity index (χ1) is 10.8. The van der Waals surface area contributed by atoms with Crippen LogP contribution in [0.15, 0.2) is 48.5 Å². The van der Waals surface area contributed by atoms with E-state index in [9.17, 15) is 18.0 Å². The number of benzene rings is 2. The van der Waals surface area contributed by atoms with Gasteiger partial charge in [0, 0.05) is 0 Å². The number of carbonyl (C=O) groups is 1. The largest absolute Gasteiger partial charge is 0.489 e. The van der Waals surface area contributed by atoms with Crippen LogP contribution in [0.25, 0.3) is 0 Å². The summed E-state index contributed by atoms with van der Waals surface area (Å²) in [4.78, 5) is 11.4. The van der Waals surface area contributed by atoms with Gasteiger partial charge in [-0.3, -0.25) is 4.79 Å². The summed E-state index contributed by atoms with van der Waals surface area (Å²) in [7, 11) is 0. The van der Waals surface area contributed by atoms with Gasteiger partial charge in [-0.1, -0.05) is 30.3 Å². The highest BCUT2D eigenvalue weighted by Gasteiger charge is 2.29. The number of hydrogen-bond acceptors (Lipinski definition) is 3. The number of carbonyl (C=O) groups excluding carboxylic acids is 1. The molecule has 0 heterocycles. The summed E-state index contributed by atoms with van der Waals surface area (Å²) in [6, 6.07) is 13.2. The van der Waals surface area contributed by atoms with Crippen LogP contribution in [0.3, 0.4) is 0 Å². The van der Waals surface area contributed by atoms with Crippen molar-refractivity contribution < 1.29 is 27.4 Å². The molecule has 0 saturated heterocycles. The Balaban J connectivity index is 2.10. The molecule has 0 radical (unpaired) electrons. The van der Waals surface area contributed by atoms with Crippen LogP contribution >= 0.6 is 11.6 Å². The van der Waals surface area contributed by atoms with Gasteiger partial charge in [-0.15, -0.1) is 0 Å². The molecule has 0 amide bonds. The molecule has 0 aliphatic heterocycles. The summed E-state index contributed by atoms with van der Waals surface area (Å²) < 4.78 is 46.7. The highest BCUT2D eigenvalue weighted by molar-refractivity contribution is 6.68. The van der Waals surface area contributed by atoms with Gasteiger partial charge in [0.25, 0.3) is 5.24 Å². The number of ether oxygens (including phenoxy) is 2. The van der Waals surface area contributed by atoms with Gasteiger partial charge in [0.05, 0.1) is 5.56 Å². The first-order valence-corrected chi connectivity index (χ1v) is 6.93. The topological polar surface area (TPSA) is 35.5 Å². The van der Waals surface area contributed by atoms with E-state index in [0.29, 0.717) is 5.75 Å². The van der Waals surface area contributed by atoms with Crippen molar-refractivity contribution in [2.75, 3.05) is 6.61 Å². The van der Waals surface area contributed by atoms with Crippen molar-refractivity contribution in [2.45, 2.75) is 12.8 Å². The molecule has 2 rings (SSSR count). The van der Waals surface area contributed by atoms with Gasteiger partial charge in [0.2, 0.25) is 0 Å². The molecule has 0 aliphatic rings. The maximum absolute atomic E-state index is 12.2. The molecule has 3 nitrogen and oxygen atoms in total. The zero-order valence-electron chi connectivity index (χ0n) is 11.8. The maximum atomic E-state index is 12.2. The van der Waals surface area contributed by atoms with E-state index in [4.69, 9.17) is 16.3 Å². The SMILES string of the molecule is O=C(Cl)c1cc(OCc2ccccc2)ccc1OCC(F)(F)F. The molecule has 0 spiro atoms. The second-order valence-corrected chi connectivity index (χ2v) is 4.95. The summed E-state index contributed by atoms with van der Waals surface area (Å²) >= 11 is 5.39. The second kappa shape index (κ2) is 7.37. The molecule has 2 aromatic carbocycles. The fourth-order valence-corrected chi connectivity index (χ4v) is 1.93. The van der Waals surface area contributed by atoms with Crippen LogP contribution in [0.5, 0.6) is 11.5 Å². The van der Waals surface area contributed by atoms with Crippen molar-refractivity contribution in [2.24, 2.45) is 0 Å². The summed E-state index contributed by atoms with van der Waals surface area (Å²) in [5, 5.41) is -0.924. The smallest absolute Gasteiger partial charge is 0.422 e. The van der Waals surface area contributed by atoms with Crippen molar-refractivity contribution in [1.82, 2.24) is 0 Å². The van der Waals surface area contributed by atoms with E-state index in [-0.39, 0.29) is 17.9 Å². The molecule has 0 fully saturated rings. The van der Waals surface area contributed by atoms with Gasteiger partial charge >= 0.3 is 6.18 Å². The Morgan fingerprint density at radius 3 is 2.35 bits per heavy atom. The average molecular weight is 345 g/mol. The lowest BCUT2D eigenvalue weighted by Crippen LogP contribution is -2.20. The summed E-state index contributed by atoms with van der Waals surface area (Å²) in [5.74, 6) is 0.0617. The number of rotatable bonds is 6. The first kappa shape index (κ1) is 17.1. The lowest BCUT2D eigenvalue weighted by atomic mass is 10.2. The third kappa shape index (κ3) is 5.49. The van der Waals surface area contributed by atoms with E-state index in [1.165, 1.54) is 18.2 Å². The third-order valence-electron chi connectivity index (χ3n) is 2.80.